The maximum Gasteiger partial charge on any atom is 0.239 e. The van der Waals surface area contributed by atoms with E-state index in [1.807, 2.05) is 35.1 Å². The van der Waals surface area contributed by atoms with Crippen molar-refractivity contribution in [1.82, 2.24) is 29.8 Å². The molecule has 1 aromatic heterocycles. The normalized spacial score (nSPS) is 21.0. The minimum absolute atomic E-state index is 0.0238. The third-order valence-electron chi connectivity index (χ3n) is 5.82. The van der Waals surface area contributed by atoms with Crippen molar-refractivity contribution >= 4 is 11.9 Å². The largest absolute Gasteiger partial charge is 0.356 e. The highest BCUT2D eigenvalue weighted by molar-refractivity contribution is 5.82. The Morgan fingerprint density at radius 2 is 1.82 bits per heavy atom. The molecule has 0 aromatic carbocycles. The molecule has 1 aromatic rings. The van der Waals surface area contributed by atoms with Gasteiger partial charge in [0.25, 0.3) is 0 Å². The second kappa shape index (κ2) is 9.91. The summed E-state index contributed by atoms with van der Waals surface area (Å²) in [5.74, 6) is 1.70. The smallest absolute Gasteiger partial charge is 0.239 e. The summed E-state index contributed by atoms with van der Waals surface area (Å²) in [5, 5.41) is 7.78. The summed E-state index contributed by atoms with van der Waals surface area (Å²) in [5.41, 5.74) is 0. The van der Waals surface area contributed by atoms with Crippen LogP contribution in [0.1, 0.15) is 26.7 Å². The third-order valence-corrected chi connectivity index (χ3v) is 5.82. The second-order valence-corrected chi connectivity index (χ2v) is 7.99. The summed E-state index contributed by atoms with van der Waals surface area (Å²) < 4.78 is 1.96. The van der Waals surface area contributed by atoms with Gasteiger partial charge in [0.05, 0.1) is 6.04 Å². The lowest BCUT2D eigenvalue weighted by Gasteiger charge is -2.39. The number of nitrogens with zero attached hydrogens (tertiary/aromatic N) is 6. The minimum atomic E-state index is -0.0238. The Morgan fingerprint density at radius 3 is 2.43 bits per heavy atom. The molecule has 2 saturated heterocycles. The number of nitrogens with one attached hydrogen (secondary N) is 1. The predicted molar refractivity (Wildman–Crippen MR) is 111 cm³/mol. The first-order valence-corrected chi connectivity index (χ1v) is 10.5. The van der Waals surface area contributed by atoms with Crippen LogP contribution < -0.4 is 5.32 Å². The van der Waals surface area contributed by atoms with Gasteiger partial charge in [0.15, 0.2) is 5.96 Å². The van der Waals surface area contributed by atoms with E-state index >= 15 is 0 Å². The molecule has 1 amide bonds. The van der Waals surface area contributed by atoms with Gasteiger partial charge >= 0.3 is 0 Å². The Morgan fingerprint density at radius 1 is 1.11 bits per heavy atom. The average molecular weight is 390 g/mol. The molecule has 28 heavy (non-hydrogen) atoms. The number of aromatic nitrogens is 2. The first-order valence-electron chi connectivity index (χ1n) is 10.5. The molecule has 0 saturated carbocycles. The number of carbonyl (C=O) groups is 1. The van der Waals surface area contributed by atoms with Gasteiger partial charge in [-0.2, -0.15) is 5.10 Å². The van der Waals surface area contributed by atoms with Crippen LogP contribution in [0, 0.1) is 5.92 Å². The van der Waals surface area contributed by atoms with Crippen molar-refractivity contribution in [2.75, 3.05) is 52.9 Å². The monoisotopic (exact) mass is 389 g/mol. The predicted octanol–water partition coefficient (Wildman–Crippen LogP) is 0.723. The highest BCUT2D eigenvalue weighted by Crippen LogP contribution is 2.14. The molecule has 0 bridgehead atoms. The number of amides is 1. The van der Waals surface area contributed by atoms with E-state index in [1.54, 1.807) is 0 Å². The van der Waals surface area contributed by atoms with Gasteiger partial charge in [0.1, 0.15) is 0 Å². The zero-order valence-electron chi connectivity index (χ0n) is 17.5. The van der Waals surface area contributed by atoms with E-state index in [4.69, 9.17) is 0 Å². The molecule has 0 radical (unpaired) electrons. The molecule has 2 aliphatic rings. The summed E-state index contributed by atoms with van der Waals surface area (Å²) in [6.07, 6.45) is 6.10. The van der Waals surface area contributed by atoms with Crippen molar-refractivity contribution in [3.8, 4) is 0 Å². The summed E-state index contributed by atoms with van der Waals surface area (Å²) >= 11 is 0. The van der Waals surface area contributed by atoms with Gasteiger partial charge in [-0.3, -0.25) is 19.4 Å². The van der Waals surface area contributed by atoms with Crippen molar-refractivity contribution in [3.63, 3.8) is 0 Å². The number of hydrogen-bond acceptors (Lipinski definition) is 4. The third kappa shape index (κ3) is 5.25. The molecule has 2 unspecified atom stereocenters. The van der Waals surface area contributed by atoms with E-state index < -0.39 is 0 Å². The number of likely N-dealkylation sites (tertiary alicyclic amines) is 1. The number of guanidine groups is 1. The van der Waals surface area contributed by atoms with Crippen LogP contribution in [-0.2, 0) is 11.3 Å². The van der Waals surface area contributed by atoms with E-state index in [-0.39, 0.29) is 6.04 Å². The van der Waals surface area contributed by atoms with Crippen molar-refractivity contribution in [3.05, 3.63) is 18.5 Å². The average Bonchev–Trinajstić information content (AvgIpc) is 3.42. The maximum atomic E-state index is 12.7. The number of carbonyl (C=O) groups excluding carboxylic acids is 1. The van der Waals surface area contributed by atoms with Gasteiger partial charge in [-0.25, -0.2) is 0 Å². The SMILES string of the molecule is CN=C(NCC(C)Cn1cccn1)N1CCN(C(C)C(=O)N2CCCC2)CC1. The Balaban J connectivity index is 1.42. The Kier molecular flexibility index (Phi) is 7.30. The molecule has 2 aliphatic heterocycles. The Labute approximate surface area is 168 Å². The molecular weight excluding hydrogens is 354 g/mol. The second-order valence-electron chi connectivity index (χ2n) is 7.99. The number of piperazine rings is 1. The Hall–Kier alpha value is -2.09. The molecule has 3 rings (SSSR count). The highest BCUT2D eigenvalue weighted by atomic mass is 16.2. The fraction of sp³-hybridized carbons (Fsp3) is 0.750. The van der Waals surface area contributed by atoms with E-state index in [0.29, 0.717) is 11.8 Å². The summed E-state index contributed by atoms with van der Waals surface area (Å²) in [7, 11) is 1.84. The van der Waals surface area contributed by atoms with Crippen LogP contribution in [-0.4, -0.2) is 95.2 Å². The molecule has 0 aliphatic carbocycles. The van der Waals surface area contributed by atoms with Crippen LogP contribution in [0.4, 0.5) is 0 Å². The van der Waals surface area contributed by atoms with Crippen molar-refractivity contribution < 1.29 is 4.79 Å². The molecule has 1 N–H and O–H groups in total. The lowest BCUT2D eigenvalue weighted by Crippen LogP contribution is -2.57. The fourth-order valence-electron chi connectivity index (χ4n) is 4.07. The molecule has 156 valence electrons. The zero-order valence-corrected chi connectivity index (χ0v) is 17.5. The standard InChI is InChI=1S/C20H35N7O/c1-17(16-27-10-6-7-23-27)15-22-20(21-3)26-13-11-24(12-14-26)18(2)19(28)25-8-4-5-9-25/h6-7,10,17-18H,4-5,8-9,11-16H2,1-3H3,(H,21,22). The molecule has 2 fully saturated rings. The number of aliphatic imine (C=N–C) groups is 1. The molecule has 3 heterocycles. The van der Waals surface area contributed by atoms with Crippen molar-refractivity contribution in [2.24, 2.45) is 10.9 Å². The molecule has 8 nitrogen and oxygen atoms in total. The van der Waals surface area contributed by atoms with Crippen molar-refractivity contribution in [2.45, 2.75) is 39.3 Å². The first kappa shape index (κ1) is 20.6. The van der Waals surface area contributed by atoms with E-state index in [2.05, 4.69) is 39.1 Å². The van der Waals surface area contributed by atoms with Crippen LogP contribution >= 0.6 is 0 Å². The number of rotatable bonds is 6. The van der Waals surface area contributed by atoms with Crippen LogP contribution in [0.2, 0.25) is 0 Å². The quantitative estimate of drug-likeness (QED) is 0.574. The summed E-state index contributed by atoms with van der Waals surface area (Å²) in [6.45, 7) is 11.4. The van der Waals surface area contributed by atoms with Gasteiger partial charge in [0.2, 0.25) is 5.91 Å². The molecule has 0 spiro atoms. The molecule has 2 atom stereocenters. The van der Waals surface area contributed by atoms with Gasteiger partial charge in [-0.15, -0.1) is 0 Å². The topological polar surface area (TPSA) is 69.0 Å². The highest BCUT2D eigenvalue weighted by Gasteiger charge is 2.30. The van der Waals surface area contributed by atoms with Crippen molar-refractivity contribution in [1.29, 1.82) is 0 Å². The van der Waals surface area contributed by atoms with Gasteiger partial charge in [-0.1, -0.05) is 6.92 Å². The molecule has 8 heteroatoms. The van der Waals surface area contributed by atoms with E-state index in [0.717, 1.165) is 71.2 Å². The molecular formula is C20H35N7O. The van der Waals surface area contributed by atoms with E-state index in [9.17, 15) is 4.79 Å². The van der Waals surface area contributed by atoms with Gasteiger partial charge in [-0.05, 0) is 31.7 Å². The number of hydrogen-bond donors (Lipinski definition) is 1. The lowest BCUT2D eigenvalue weighted by atomic mass is 10.2. The lowest BCUT2D eigenvalue weighted by molar-refractivity contribution is -0.135. The maximum absolute atomic E-state index is 12.7. The fourth-order valence-corrected chi connectivity index (χ4v) is 4.07. The first-order chi connectivity index (χ1) is 13.6. The summed E-state index contributed by atoms with van der Waals surface area (Å²) in [4.78, 5) is 23.7. The van der Waals surface area contributed by atoms with Crippen LogP contribution in [0.25, 0.3) is 0 Å². The van der Waals surface area contributed by atoms with Crippen LogP contribution in [0.5, 0.6) is 0 Å². The van der Waals surface area contributed by atoms with Gasteiger partial charge in [0, 0.05) is 71.8 Å². The summed E-state index contributed by atoms with van der Waals surface area (Å²) in [6, 6.07) is 1.93. The van der Waals surface area contributed by atoms with Crippen LogP contribution in [0.3, 0.4) is 0 Å². The zero-order chi connectivity index (χ0) is 19.9. The Bertz CT molecular complexity index is 631. The van der Waals surface area contributed by atoms with E-state index in [1.165, 1.54) is 0 Å². The minimum Gasteiger partial charge on any atom is -0.356 e. The van der Waals surface area contributed by atoms with Gasteiger partial charge < -0.3 is 15.1 Å². The van der Waals surface area contributed by atoms with Crippen LogP contribution in [0.15, 0.2) is 23.5 Å².